The number of benzene rings is 3. The number of hydrogen-bond acceptors (Lipinski definition) is 4. The van der Waals surface area contributed by atoms with Crippen LogP contribution < -0.4 is 0 Å². The van der Waals surface area contributed by atoms with Gasteiger partial charge >= 0.3 is 0 Å². The highest BCUT2D eigenvalue weighted by molar-refractivity contribution is 7.80. The molecule has 1 unspecified atom stereocenters. The number of aromatic nitrogens is 1. The second-order valence-corrected chi connectivity index (χ2v) is 8.26. The van der Waals surface area contributed by atoms with Crippen LogP contribution in [0.2, 0.25) is 0 Å². The molecule has 1 heterocycles. The average molecular weight is 418 g/mol. The summed E-state index contributed by atoms with van der Waals surface area (Å²) in [6, 6.07) is 25.9. The van der Waals surface area contributed by atoms with Crippen molar-refractivity contribution >= 4 is 11.1 Å². The van der Waals surface area contributed by atoms with Crippen LogP contribution in [0.4, 0.5) is 0 Å². The molecule has 0 aliphatic heterocycles. The van der Waals surface area contributed by atoms with E-state index in [1.165, 1.54) is 5.56 Å². The third-order valence-electron chi connectivity index (χ3n) is 4.87. The summed E-state index contributed by atoms with van der Waals surface area (Å²) in [5, 5.41) is 0. The highest BCUT2D eigenvalue weighted by Gasteiger charge is 2.13. The van der Waals surface area contributed by atoms with Crippen LogP contribution in [0.5, 0.6) is 0 Å². The van der Waals surface area contributed by atoms with E-state index in [0.29, 0.717) is 23.8 Å². The first-order valence-corrected chi connectivity index (χ1v) is 10.9. The van der Waals surface area contributed by atoms with Gasteiger partial charge in [-0.05, 0) is 49.2 Å². The van der Waals surface area contributed by atoms with E-state index in [4.69, 9.17) is 8.60 Å². The molecule has 0 N–H and O–H groups in total. The van der Waals surface area contributed by atoms with Crippen LogP contribution in [0.25, 0.3) is 22.6 Å². The van der Waals surface area contributed by atoms with Crippen LogP contribution in [0.3, 0.4) is 0 Å². The molecule has 0 aliphatic rings. The Labute approximate surface area is 179 Å². The Morgan fingerprint density at radius 1 is 0.833 bits per heavy atom. The van der Waals surface area contributed by atoms with Gasteiger partial charge in [0.1, 0.15) is 5.76 Å². The van der Waals surface area contributed by atoms with E-state index in [1.54, 1.807) is 0 Å². The minimum Gasteiger partial charge on any atom is -0.441 e. The first-order chi connectivity index (χ1) is 14.6. The first-order valence-electron chi connectivity index (χ1n) is 9.84. The van der Waals surface area contributed by atoms with Crippen molar-refractivity contribution in [2.24, 2.45) is 0 Å². The molecule has 0 saturated carbocycles. The molecule has 152 valence electrons. The van der Waals surface area contributed by atoms with Crippen LogP contribution in [-0.4, -0.2) is 15.8 Å². The third-order valence-corrected chi connectivity index (χ3v) is 5.91. The van der Waals surface area contributed by atoms with Crippen molar-refractivity contribution in [3.05, 3.63) is 95.9 Å². The summed E-state index contributed by atoms with van der Waals surface area (Å²) in [7, 11) is 0. The van der Waals surface area contributed by atoms with Gasteiger partial charge in [-0.3, -0.25) is 4.18 Å². The van der Waals surface area contributed by atoms with E-state index in [0.717, 1.165) is 28.1 Å². The molecule has 5 heteroatoms. The van der Waals surface area contributed by atoms with Gasteiger partial charge in [0.15, 0.2) is 11.1 Å². The van der Waals surface area contributed by atoms with Crippen molar-refractivity contribution in [1.82, 2.24) is 4.98 Å². The van der Waals surface area contributed by atoms with Crippen LogP contribution in [0.1, 0.15) is 17.0 Å². The van der Waals surface area contributed by atoms with Crippen molar-refractivity contribution in [3.8, 4) is 22.6 Å². The van der Waals surface area contributed by atoms with Crippen molar-refractivity contribution in [1.29, 1.82) is 0 Å². The summed E-state index contributed by atoms with van der Waals surface area (Å²) in [5.41, 5.74) is 5.19. The third kappa shape index (κ3) is 4.75. The fourth-order valence-electron chi connectivity index (χ4n) is 3.15. The van der Waals surface area contributed by atoms with Crippen LogP contribution >= 0.6 is 0 Å². The van der Waals surface area contributed by atoms with Crippen molar-refractivity contribution in [2.75, 3.05) is 6.61 Å². The first kappa shape index (κ1) is 20.3. The maximum atomic E-state index is 12.3. The standard InChI is InChI=1S/C25H23NO3S/c1-18-8-14-23(15-9-18)30(27)28-17-16-24-19(2)29-25(26-24)22-12-10-21(11-13-22)20-6-4-3-5-7-20/h3-15H,16-17H2,1-2H3. The summed E-state index contributed by atoms with van der Waals surface area (Å²) < 4.78 is 23.6. The van der Waals surface area contributed by atoms with Gasteiger partial charge in [0.05, 0.1) is 17.2 Å². The second-order valence-electron chi connectivity index (χ2n) is 7.09. The van der Waals surface area contributed by atoms with Gasteiger partial charge < -0.3 is 4.42 Å². The quantitative estimate of drug-likeness (QED) is 0.375. The van der Waals surface area contributed by atoms with E-state index in [-0.39, 0.29) is 0 Å². The Hall–Kier alpha value is -3.02. The number of nitrogens with zero attached hydrogens (tertiary/aromatic N) is 1. The summed E-state index contributed by atoms with van der Waals surface area (Å²) in [6.45, 7) is 4.19. The lowest BCUT2D eigenvalue weighted by Crippen LogP contribution is -2.03. The summed E-state index contributed by atoms with van der Waals surface area (Å²) in [4.78, 5) is 5.28. The van der Waals surface area contributed by atoms with Crippen LogP contribution in [0, 0.1) is 13.8 Å². The molecule has 0 bridgehead atoms. The van der Waals surface area contributed by atoms with Gasteiger partial charge in [0, 0.05) is 12.0 Å². The zero-order chi connectivity index (χ0) is 20.9. The van der Waals surface area contributed by atoms with Crippen molar-refractivity contribution in [3.63, 3.8) is 0 Å². The normalized spacial score (nSPS) is 12.1. The van der Waals surface area contributed by atoms with Gasteiger partial charge in [-0.1, -0.05) is 60.2 Å². The molecule has 4 aromatic rings. The molecular formula is C25H23NO3S. The van der Waals surface area contributed by atoms with E-state index < -0.39 is 11.1 Å². The molecule has 30 heavy (non-hydrogen) atoms. The fraction of sp³-hybridized carbons (Fsp3) is 0.160. The van der Waals surface area contributed by atoms with Gasteiger partial charge in [0.2, 0.25) is 5.89 Å². The van der Waals surface area contributed by atoms with E-state index >= 15 is 0 Å². The lowest BCUT2D eigenvalue weighted by Gasteiger charge is -2.03. The Morgan fingerprint density at radius 3 is 2.17 bits per heavy atom. The number of oxazole rings is 1. The van der Waals surface area contributed by atoms with E-state index in [2.05, 4.69) is 29.2 Å². The van der Waals surface area contributed by atoms with E-state index in [9.17, 15) is 4.21 Å². The van der Waals surface area contributed by atoms with Gasteiger partial charge in [-0.15, -0.1) is 0 Å². The lowest BCUT2D eigenvalue weighted by molar-refractivity contribution is 0.349. The summed E-state index contributed by atoms with van der Waals surface area (Å²) in [5.74, 6) is 1.34. The Balaban J connectivity index is 1.39. The maximum Gasteiger partial charge on any atom is 0.226 e. The predicted molar refractivity (Wildman–Crippen MR) is 119 cm³/mol. The molecule has 3 aromatic carbocycles. The molecule has 0 fully saturated rings. The highest BCUT2D eigenvalue weighted by atomic mass is 32.2. The minimum absolute atomic E-state index is 0.306. The predicted octanol–water partition coefficient (Wildman–Crippen LogP) is 5.91. The smallest absolute Gasteiger partial charge is 0.226 e. The molecule has 0 radical (unpaired) electrons. The van der Waals surface area contributed by atoms with Gasteiger partial charge in [-0.2, -0.15) is 0 Å². The minimum atomic E-state index is -1.48. The number of hydrogen-bond donors (Lipinski definition) is 0. The molecule has 1 aromatic heterocycles. The Kier molecular flexibility index (Phi) is 6.21. The summed E-state index contributed by atoms with van der Waals surface area (Å²) >= 11 is -1.48. The number of rotatable bonds is 7. The van der Waals surface area contributed by atoms with Gasteiger partial charge in [-0.25, -0.2) is 9.19 Å². The molecule has 4 nitrogen and oxygen atoms in total. The van der Waals surface area contributed by atoms with E-state index in [1.807, 2.05) is 68.4 Å². The Bertz CT molecular complexity index is 1130. The van der Waals surface area contributed by atoms with Gasteiger partial charge in [0.25, 0.3) is 0 Å². The maximum absolute atomic E-state index is 12.3. The topological polar surface area (TPSA) is 52.3 Å². The molecule has 0 saturated heterocycles. The monoisotopic (exact) mass is 417 g/mol. The molecule has 1 atom stereocenters. The Morgan fingerprint density at radius 2 is 1.47 bits per heavy atom. The van der Waals surface area contributed by atoms with Crippen molar-refractivity contribution in [2.45, 2.75) is 25.2 Å². The SMILES string of the molecule is Cc1ccc(S(=O)OCCc2nc(-c3ccc(-c4ccccc4)cc3)oc2C)cc1. The molecule has 0 amide bonds. The van der Waals surface area contributed by atoms with Crippen LogP contribution in [0.15, 0.2) is 88.2 Å². The lowest BCUT2D eigenvalue weighted by atomic mass is 10.0. The second kappa shape index (κ2) is 9.20. The van der Waals surface area contributed by atoms with Crippen molar-refractivity contribution < 1.29 is 12.8 Å². The fourth-order valence-corrected chi connectivity index (χ4v) is 3.88. The van der Waals surface area contributed by atoms with Crippen LogP contribution in [-0.2, 0) is 21.7 Å². The molecule has 0 aliphatic carbocycles. The zero-order valence-corrected chi connectivity index (χ0v) is 17.8. The molecular weight excluding hydrogens is 394 g/mol. The largest absolute Gasteiger partial charge is 0.441 e. The zero-order valence-electron chi connectivity index (χ0n) is 17.0. The average Bonchev–Trinajstić information content (AvgIpc) is 3.15. The highest BCUT2D eigenvalue weighted by Crippen LogP contribution is 2.26. The number of aryl methyl sites for hydroxylation is 2. The summed E-state index contributed by atoms with van der Waals surface area (Å²) in [6.07, 6.45) is 0.537. The molecule has 4 rings (SSSR count). The molecule has 0 spiro atoms.